The van der Waals surface area contributed by atoms with E-state index in [9.17, 15) is 19.2 Å². The fourth-order valence-corrected chi connectivity index (χ4v) is 5.64. The second kappa shape index (κ2) is 25.8. The van der Waals surface area contributed by atoms with Crippen molar-refractivity contribution in [3.05, 3.63) is 29.3 Å². The van der Waals surface area contributed by atoms with Crippen LogP contribution in [-0.4, -0.2) is 166 Å². The minimum absolute atomic E-state index is 0.0673. The zero-order valence-electron chi connectivity index (χ0n) is 30.5. The van der Waals surface area contributed by atoms with Gasteiger partial charge in [-0.15, -0.1) is 0 Å². The summed E-state index contributed by atoms with van der Waals surface area (Å²) in [6, 6.07) is 3.91. The van der Waals surface area contributed by atoms with E-state index >= 15 is 0 Å². The summed E-state index contributed by atoms with van der Waals surface area (Å²) in [5.74, 6) is -2.16. The van der Waals surface area contributed by atoms with Crippen molar-refractivity contribution in [1.82, 2.24) is 10.2 Å². The first-order valence-corrected chi connectivity index (χ1v) is 18.5. The number of hydrogen-bond acceptors (Lipinski definition) is 15. The first-order chi connectivity index (χ1) is 26.1. The second-order valence-corrected chi connectivity index (χ2v) is 12.2. The lowest BCUT2D eigenvalue weighted by molar-refractivity contribution is -0.169. The van der Waals surface area contributed by atoms with Gasteiger partial charge >= 0.3 is 0 Å². The van der Waals surface area contributed by atoms with Crippen molar-refractivity contribution >= 4 is 29.3 Å². The van der Waals surface area contributed by atoms with Gasteiger partial charge in [0, 0.05) is 25.3 Å². The van der Waals surface area contributed by atoms with Gasteiger partial charge in [-0.1, -0.05) is 6.07 Å². The number of nitrogens with one attached hydrogen (secondary N) is 2. The van der Waals surface area contributed by atoms with Crippen LogP contribution in [0.5, 0.6) is 0 Å². The van der Waals surface area contributed by atoms with Crippen molar-refractivity contribution < 1.29 is 66.5 Å². The Morgan fingerprint density at radius 3 is 1.68 bits per heavy atom. The van der Waals surface area contributed by atoms with Gasteiger partial charge in [0.25, 0.3) is 11.8 Å². The third kappa shape index (κ3) is 15.7. The average Bonchev–Trinajstić information content (AvgIpc) is 3.42. The van der Waals surface area contributed by atoms with E-state index in [1.54, 1.807) is 18.2 Å². The van der Waals surface area contributed by atoms with Crippen LogP contribution < -0.4 is 10.6 Å². The largest absolute Gasteiger partial charge is 0.382 e. The first-order valence-electron chi connectivity index (χ1n) is 18.5. The molecule has 17 heteroatoms. The van der Waals surface area contributed by atoms with E-state index in [-0.39, 0.29) is 30.3 Å². The third-order valence-corrected chi connectivity index (χ3v) is 8.30. The van der Waals surface area contributed by atoms with E-state index in [2.05, 4.69) is 10.6 Å². The second-order valence-electron chi connectivity index (χ2n) is 12.2. The zero-order valence-corrected chi connectivity index (χ0v) is 30.5. The number of anilines is 1. The molecule has 17 nitrogen and oxygen atoms in total. The van der Waals surface area contributed by atoms with E-state index in [1.165, 1.54) is 0 Å². The molecule has 1 aromatic carbocycles. The number of imide groups is 2. The highest BCUT2D eigenvalue weighted by Gasteiger charge is 2.45. The molecule has 2 unspecified atom stereocenters. The van der Waals surface area contributed by atoms with Crippen LogP contribution in [-0.2, 0) is 57.0 Å². The summed E-state index contributed by atoms with van der Waals surface area (Å²) in [6.45, 7) is 9.03. The monoisotopic (exact) mass is 753 g/mol. The number of carbonyl (C=O) groups is 4. The topological polar surface area (TPSA) is 188 Å². The van der Waals surface area contributed by atoms with Crippen molar-refractivity contribution in [2.75, 3.05) is 131 Å². The molecule has 2 atom stereocenters. The molecule has 3 heterocycles. The highest BCUT2D eigenvalue weighted by Crippen LogP contribution is 2.32. The van der Waals surface area contributed by atoms with Gasteiger partial charge in [0.05, 0.1) is 123 Å². The van der Waals surface area contributed by atoms with Gasteiger partial charge in [0.2, 0.25) is 11.8 Å². The van der Waals surface area contributed by atoms with Crippen molar-refractivity contribution in [2.45, 2.75) is 44.4 Å². The molecule has 3 aliphatic heterocycles. The lowest BCUT2D eigenvalue weighted by Crippen LogP contribution is -2.54. The van der Waals surface area contributed by atoms with E-state index in [0.29, 0.717) is 125 Å². The lowest BCUT2D eigenvalue weighted by atomic mass is 10.0. The van der Waals surface area contributed by atoms with Crippen LogP contribution in [0.25, 0.3) is 0 Å². The summed E-state index contributed by atoms with van der Waals surface area (Å²) < 4.78 is 55.2. The molecule has 0 bridgehead atoms. The molecule has 4 amide bonds. The van der Waals surface area contributed by atoms with Gasteiger partial charge in [0.15, 0.2) is 6.29 Å². The van der Waals surface area contributed by atoms with Gasteiger partial charge in [-0.25, -0.2) is 0 Å². The molecule has 298 valence electrons. The van der Waals surface area contributed by atoms with E-state index < -0.39 is 29.7 Å². The molecular weight excluding hydrogens is 698 g/mol. The standard InChI is InChI=1S/C36H55N3O14/c40-31-8-7-30(34(41)38-31)39-35(42)28-4-3-5-29(33(28)36(39)43)37-9-11-44-12-13-45-14-15-46-16-17-47-18-19-48-20-21-49-22-23-50-24-25-51-26-27-53-32-6-1-2-10-52-32/h3-5,30,32,37H,1-2,6-27H2,(H,38,40,41). The van der Waals surface area contributed by atoms with Gasteiger partial charge < -0.3 is 52.7 Å². The Hall–Kier alpha value is -3.10. The summed E-state index contributed by atoms with van der Waals surface area (Å²) in [6.07, 6.45) is 3.31. The molecule has 4 rings (SSSR count). The zero-order chi connectivity index (χ0) is 37.4. The van der Waals surface area contributed by atoms with Gasteiger partial charge in [0.1, 0.15) is 6.04 Å². The van der Waals surface area contributed by atoms with Crippen LogP contribution in [0, 0.1) is 0 Å². The Morgan fingerprint density at radius 1 is 0.642 bits per heavy atom. The molecule has 0 aromatic heterocycles. The number of rotatable bonds is 30. The number of piperidine rings is 1. The highest BCUT2D eigenvalue weighted by atomic mass is 16.7. The Balaban J connectivity index is 0.856. The highest BCUT2D eigenvalue weighted by molar-refractivity contribution is 6.25. The summed E-state index contributed by atoms with van der Waals surface area (Å²) in [4.78, 5) is 50.8. The fraction of sp³-hybridized carbons (Fsp3) is 0.722. The minimum Gasteiger partial charge on any atom is -0.382 e. The van der Waals surface area contributed by atoms with Crippen molar-refractivity contribution in [3.8, 4) is 0 Å². The summed E-state index contributed by atoms with van der Waals surface area (Å²) in [5, 5.41) is 5.33. The SMILES string of the molecule is O=C1CCC(N2C(=O)c3cccc(NCCOCCOCCOCCOCCOCCOCCOCCOCCOC4CCCCO4)c3C2=O)C(=O)N1. The molecule has 1 aromatic rings. The maximum Gasteiger partial charge on any atom is 0.264 e. The van der Waals surface area contributed by atoms with Crippen molar-refractivity contribution in [2.24, 2.45) is 0 Å². The lowest BCUT2D eigenvalue weighted by Gasteiger charge is -2.27. The van der Waals surface area contributed by atoms with Gasteiger partial charge in [-0.3, -0.25) is 29.4 Å². The predicted octanol–water partition coefficient (Wildman–Crippen LogP) is 1.18. The Bertz CT molecular complexity index is 1250. The molecule has 53 heavy (non-hydrogen) atoms. The number of fused-ring (bicyclic) bond motifs is 1. The quantitative estimate of drug-likeness (QED) is 0.0842. The van der Waals surface area contributed by atoms with E-state index in [4.69, 9.17) is 47.4 Å². The maximum absolute atomic E-state index is 13.1. The molecule has 2 fully saturated rings. The minimum atomic E-state index is -1.01. The summed E-state index contributed by atoms with van der Waals surface area (Å²) in [5.41, 5.74) is 0.913. The van der Waals surface area contributed by atoms with Crippen LogP contribution in [0.15, 0.2) is 18.2 Å². The fourth-order valence-electron chi connectivity index (χ4n) is 5.64. The van der Waals surface area contributed by atoms with Gasteiger partial charge in [-0.2, -0.15) is 0 Å². The number of carbonyl (C=O) groups excluding carboxylic acids is 4. The summed E-state index contributed by atoms with van der Waals surface area (Å²) in [7, 11) is 0. The Morgan fingerprint density at radius 2 is 1.17 bits per heavy atom. The predicted molar refractivity (Wildman–Crippen MR) is 188 cm³/mol. The van der Waals surface area contributed by atoms with Crippen molar-refractivity contribution in [3.63, 3.8) is 0 Å². The average molecular weight is 754 g/mol. The Labute approximate surface area is 310 Å². The molecule has 0 aliphatic carbocycles. The van der Waals surface area contributed by atoms with Crippen molar-refractivity contribution in [1.29, 1.82) is 0 Å². The number of ether oxygens (including phenoxy) is 10. The normalized spacial score (nSPS) is 18.8. The van der Waals surface area contributed by atoms with Crippen LogP contribution in [0.1, 0.15) is 52.8 Å². The maximum atomic E-state index is 13.1. The molecule has 0 radical (unpaired) electrons. The third-order valence-electron chi connectivity index (χ3n) is 8.30. The first kappa shape index (κ1) is 42.6. The van der Waals surface area contributed by atoms with E-state index in [0.717, 1.165) is 30.8 Å². The number of nitrogens with zero attached hydrogens (tertiary/aromatic N) is 1. The summed E-state index contributed by atoms with van der Waals surface area (Å²) >= 11 is 0. The molecule has 0 spiro atoms. The molecule has 0 saturated carbocycles. The molecule has 3 aliphatic rings. The smallest absolute Gasteiger partial charge is 0.264 e. The van der Waals surface area contributed by atoms with Crippen LogP contribution in [0.4, 0.5) is 5.69 Å². The number of hydrogen-bond donors (Lipinski definition) is 2. The Kier molecular flexibility index (Phi) is 20.8. The molecular formula is C36H55N3O14. The number of amides is 4. The molecule has 2 saturated heterocycles. The van der Waals surface area contributed by atoms with Crippen LogP contribution in [0.3, 0.4) is 0 Å². The molecule has 2 N–H and O–H groups in total. The van der Waals surface area contributed by atoms with E-state index in [1.807, 2.05) is 0 Å². The van der Waals surface area contributed by atoms with Crippen LogP contribution in [0.2, 0.25) is 0 Å². The van der Waals surface area contributed by atoms with Gasteiger partial charge in [-0.05, 0) is 37.8 Å². The van der Waals surface area contributed by atoms with Crippen LogP contribution >= 0.6 is 0 Å². The number of benzene rings is 1.